The number of halogens is 3. The lowest BCUT2D eigenvalue weighted by Gasteiger charge is -2.35. The number of carbonyl (C=O) groups excluding carboxylic acids is 4. The van der Waals surface area contributed by atoms with E-state index in [-0.39, 0.29) is 25.1 Å². The number of likely N-dealkylation sites (tertiary alicyclic amines) is 1. The van der Waals surface area contributed by atoms with E-state index in [1.165, 1.54) is 12.1 Å². The molecule has 2 fully saturated rings. The Morgan fingerprint density at radius 2 is 1.73 bits per heavy atom. The molecule has 0 radical (unpaired) electrons. The molecule has 1 aliphatic heterocycles. The average Bonchev–Trinajstić information content (AvgIpc) is 3.45. The van der Waals surface area contributed by atoms with E-state index in [9.17, 15) is 42.3 Å². The van der Waals surface area contributed by atoms with Crippen molar-refractivity contribution < 1.29 is 51.7 Å². The molecule has 1 aliphatic carbocycles. The lowest BCUT2D eigenvalue weighted by atomic mass is 9.85. The van der Waals surface area contributed by atoms with Crippen molar-refractivity contribution in [2.45, 2.75) is 89.9 Å². The van der Waals surface area contributed by atoms with E-state index in [1.54, 1.807) is 41.5 Å². The molecule has 0 spiro atoms. The number of ether oxygens (including phenoxy) is 2. The van der Waals surface area contributed by atoms with Crippen LogP contribution in [0.25, 0.3) is 0 Å². The second-order valence-corrected chi connectivity index (χ2v) is 13.2. The highest BCUT2D eigenvalue weighted by Crippen LogP contribution is 2.45. The maximum Gasteiger partial charge on any atom is 0.416 e. The normalized spacial score (nSPS) is 23.8. The summed E-state index contributed by atoms with van der Waals surface area (Å²) >= 11 is 0. The Labute approximate surface area is 258 Å². The number of benzene rings is 1. The molecule has 4 amide bonds. The van der Waals surface area contributed by atoms with Gasteiger partial charge in [-0.15, -0.1) is 6.58 Å². The summed E-state index contributed by atoms with van der Waals surface area (Å²) in [5, 5.41) is 17.0. The van der Waals surface area contributed by atoms with E-state index in [0.717, 1.165) is 23.1 Å². The fourth-order valence-corrected chi connectivity index (χ4v) is 5.01. The highest BCUT2D eigenvalue weighted by molar-refractivity contribution is 5.96. The Balaban J connectivity index is 1.86. The summed E-state index contributed by atoms with van der Waals surface area (Å²) in [6.07, 6.45) is -6.56. The van der Waals surface area contributed by atoms with Crippen molar-refractivity contribution in [2.75, 3.05) is 11.9 Å². The second kappa shape index (κ2) is 12.6. The molecule has 2 aliphatic rings. The van der Waals surface area contributed by atoms with E-state index in [1.807, 2.05) is 0 Å². The van der Waals surface area contributed by atoms with Gasteiger partial charge in [-0.3, -0.25) is 14.9 Å². The quantitative estimate of drug-likeness (QED) is 0.306. The van der Waals surface area contributed by atoms with Crippen molar-refractivity contribution >= 4 is 35.7 Å². The van der Waals surface area contributed by atoms with Crippen LogP contribution < -0.4 is 16.0 Å². The number of carbonyl (C=O) groups is 5. The van der Waals surface area contributed by atoms with E-state index < -0.39 is 82.4 Å². The number of hydrogen-bond acceptors (Lipinski definition) is 7. The summed E-state index contributed by atoms with van der Waals surface area (Å²) in [4.78, 5) is 66.0. The first-order valence-corrected chi connectivity index (χ1v) is 14.2. The van der Waals surface area contributed by atoms with E-state index in [4.69, 9.17) is 9.47 Å². The largest absolute Gasteiger partial charge is 0.479 e. The lowest BCUT2D eigenvalue weighted by Crippen LogP contribution is -2.59. The van der Waals surface area contributed by atoms with Crippen molar-refractivity contribution in [3.8, 4) is 0 Å². The third kappa shape index (κ3) is 8.66. The molecule has 4 N–H and O–H groups in total. The number of alkyl carbamates (subject to hydrolysis) is 1. The Morgan fingerprint density at radius 1 is 1.09 bits per heavy atom. The molecule has 248 valence electrons. The van der Waals surface area contributed by atoms with Gasteiger partial charge in [-0.1, -0.05) is 32.9 Å². The Bertz CT molecular complexity index is 1350. The number of rotatable bonds is 8. The van der Waals surface area contributed by atoms with Crippen LogP contribution in [-0.4, -0.2) is 75.8 Å². The van der Waals surface area contributed by atoms with Gasteiger partial charge in [0.2, 0.25) is 11.8 Å². The number of alkyl halides is 3. The number of carboxylic acid groups (broad SMARTS) is 1. The molecule has 1 heterocycles. The monoisotopic (exact) mass is 640 g/mol. The molecule has 0 bridgehead atoms. The van der Waals surface area contributed by atoms with Gasteiger partial charge in [-0.25, -0.2) is 14.4 Å². The van der Waals surface area contributed by atoms with Gasteiger partial charge < -0.3 is 30.1 Å². The summed E-state index contributed by atoms with van der Waals surface area (Å²) in [5.41, 5.74) is -4.59. The van der Waals surface area contributed by atoms with E-state index >= 15 is 0 Å². The zero-order valence-electron chi connectivity index (χ0n) is 25.9. The second-order valence-electron chi connectivity index (χ2n) is 13.2. The molecule has 0 aromatic heterocycles. The van der Waals surface area contributed by atoms with Crippen molar-refractivity contribution in [3.05, 3.63) is 42.5 Å². The first kappa shape index (κ1) is 35.2. The van der Waals surface area contributed by atoms with Gasteiger partial charge in [0.05, 0.1) is 12.1 Å². The summed E-state index contributed by atoms with van der Waals surface area (Å²) in [6, 6.07) is 1.33. The SMILES string of the molecule is C=CC1CC1(NC(=O)[C@@H]1C[C@@H](OC(=O)Nc2cccc(C(F)(F)F)c2)CN1C(=O)[C@@H](NC(=O)OC(C)(C)C)C(C)(C)C)C(=O)O. The van der Waals surface area contributed by atoms with Crippen LogP contribution in [0.15, 0.2) is 36.9 Å². The van der Waals surface area contributed by atoms with E-state index in [0.29, 0.717) is 0 Å². The van der Waals surface area contributed by atoms with Crippen LogP contribution in [0.1, 0.15) is 59.9 Å². The van der Waals surface area contributed by atoms with Gasteiger partial charge in [-0.05, 0) is 50.8 Å². The lowest BCUT2D eigenvalue weighted by molar-refractivity contribution is -0.146. The summed E-state index contributed by atoms with van der Waals surface area (Å²) in [7, 11) is 0. The minimum atomic E-state index is -4.65. The maximum atomic E-state index is 14.0. The van der Waals surface area contributed by atoms with Crippen molar-refractivity contribution in [1.82, 2.24) is 15.5 Å². The predicted molar refractivity (Wildman–Crippen MR) is 155 cm³/mol. The van der Waals surface area contributed by atoms with Gasteiger partial charge in [0, 0.05) is 18.0 Å². The Morgan fingerprint density at radius 3 is 2.24 bits per heavy atom. The topological polar surface area (TPSA) is 163 Å². The number of nitrogens with zero attached hydrogens (tertiary/aromatic N) is 1. The molecule has 1 saturated heterocycles. The molecule has 5 atom stereocenters. The Kier molecular flexibility index (Phi) is 9.85. The standard InChI is InChI=1S/C30H39F3N4O8/c1-8-16-14-29(16,24(40)41)36-22(38)20-13-19(44-25(42)34-18-11-9-10-17(12-18)30(31,32)33)15-37(20)23(39)21(27(2,3)4)35-26(43)45-28(5,6)7/h8-12,16,19-21H,1,13-15H2,2-7H3,(H,34,42)(H,35,43)(H,36,38)(H,40,41)/t16?,19-,20+,21-,29?/m1/s1. The van der Waals surface area contributed by atoms with Gasteiger partial charge in [0.25, 0.3) is 0 Å². The minimum Gasteiger partial charge on any atom is -0.479 e. The first-order valence-electron chi connectivity index (χ1n) is 14.2. The predicted octanol–water partition coefficient (Wildman–Crippen LogP) is 4.31. The van der Waals surface area contributed by atoms with Crippen molar-refractivity contribution in [3.63, 3.8) is 0 Å². The number of anilines is 1. The van der Waals surface area contributed by atoms with Crippen LogP contribution in [0.4, 0.5) is 28.4 Å². The molecule has 15 heteroatoms. The number of carboxylic acids is 1. The fraction of sp³-hybridized carbons (Fsp3) is 0.567. The summed E-state index contributed by atoms with van der Waals surface area (Å²) in [6.45, 7) is 13.2. The summed E-state index contributed by atoms with van der Waals surface area (Å²) in [5.74, 6) is -3.39. The summed E-state index contributed by atoms with van der Waals surface area (Å²) < 4.78 is 50.0. The number of hydrogen-bond donors (Lipinski definition) is 4. The number of aliphatic carboxylic acids is 1. The zero-order chi connectivity index (χ0) is 34.1. The van der Waals surface area contributed by atoms with Gasteiger partial charge >= 0.3 is 24.3 Å². The van der Waals surface area contributed by atoms with Crippen LogP contribution >= 0.6 is 0 Å². The van der Waals surface area contributed by atoms with Crippen LogP contribution in [0, 0.1) is 11.3 Å². The van der Waals surface area contributed by atoms with Crippen LogP contribution in [0.2, 0.25) is 0 Å². The first-order chi connectivity index (χ1) is 20.6. The third-order valence-electron chi connectivity index (χ3n) is 7.36. The van der Waals surface area contributed by atoms with Crippen LogP contribution in [-0.2, 0) is 30.0 Å². The van der Waals surface area contributed by atoms with Gasteiger partial charge in [-0.2, -0.15) is 13.2 Å². The molecular formula is C30H39F3N4O8. The molecule has 2 unspecified atom stereocenters. The van der Waals surface area contributed by atoms with Gasteiger partial charge in [0.15, 0.2) is 0 Å². The fourth-order valence-electron chi connectivity index (χ4n) is 5.01. The minimum absolute atomic E-state index is 0.0857. The molecule has 3 rings (SSSR count). The highest BCUT2D eigenvalue weighted by Gasteiger charge is 2.61. The molecule has 1 aromatic rings. The Hall–Kier alpha value is -4.30. The van der Waals surface area contributed by atoms with Crippen LogP contribution in [0.3, 0.4) is 0 Å². The number of nitrogens with one attached hydrogen (secondary N) is 3. The van der Waals surface area contributed by atoms with Crippen LogP contribution in [0.5, 0.6) is 0 Å². The molecule has 1 aromatic carbocycles. The molecule has 45 heavy (non-hydrogen) atoms. The average molecular weight is 641 g/mol. The molecular weight excluding hydrogens is 601 g/mol. The molecule has 1 saturated carbocycles. The van der Waals surface area contributed by atoms with E-state index in [2.05, 4.69) is 22.5 Å². The third-order valence-corrected chi connectivity index (χ3v) is 7.36. The molecule has 12 nitrogen and oxygen atoms in total. The van der Waals surface area contributed by atoms with Crippen molar-refractivity contribution in [2.24, 2.45) is 11.3 Å². The van der Waals surface area contributed by atoms with Crippen molar-refractivity contribution in [1.29, 1.82) is 0 Å². The zero-order valence-corrected chi connectivity index (χ0v) is 25.9. The van der Waals surface area contributed by atoms with Gasteiger partial charge in [0.1, 0.15) is 29.3 Å². The highest BCUT2D eigenvalue weighted by atomic mass is 19.4. The maximum absolute atomic E-state index is 14.0. The smallest absolute Gasteiger partial charge is 0.416 e. The number of amides is 4.